The number of anilines is 1. The van der Waals surface area contributed by atoms with Crippen molar-refractivity contribution in [2.45, 2.75) is 33.9 Å². The van der Waals surface area contributed by atoms with Crippen LogP contribution in [0.3, 0.4) is 0 Å². The molecule has 0 spiro atoms. The summed E-state index contributed by atoms with van der Waals surface area (Å²) in [5.41, 5.74) is 7.00. The first kappa shape index (κ1) is 31.3. The molecule has 3 amide bonds. The van der Waals surface area contributed by atoms with Crippen LogP contribution in [0.4, 0.5) is 15.3 Å². The standard InChI is InChI=1S/C34H39N7O4/c1-34(2,3)21-40(33(44)45)15-16-41-19-28(30(38-41)23-9-11-25(12-10-23)36-32(43)39(4)5)26-13-14-35-31-27(26)18-29(37-31)24-8-6-7-22(17-24)20-42/h6-14,17-19,42H,15-16,20-21H2,1-5H3,(H,35,37)(H,36,43)(H,44,45)/p-1. The van der Waals surface area contributed by atoms with Gasteiger partial charge in [0.25, 0.3) is 0 Å². The summed E-state index contributed by atoms with van der Waals surface area (Å²) in [6.45, 7) is 6.78. The number of rotatable bonds is 9. The number of amides is 3. The van der Waals surface area contributed by atoms with Crippen molar-refractivity contribution >= 4 is 28.8 Å². The average Bonchev–Trinajstić information content (AvgIpc) is 3.64. The summed E-state index contributed by atoms with van der Waals surface area (Å²) >= 11 is 0. The molecule has 3 N–H and O–H groups in total. The molecule has 5 rings (SSSR count). The number of hydrogen-bond donors (Lipinski definition) is 3. The summed E-state index contributed by atoms with van der Waals surface area (Å²) < 4.78 is 1.76. The third kappa shape index (κ3) is 7.32. The van der Waals surface area contributed by atoms with Gasteiger partial charge in [0.15, 0.2) is 0 Å². The number of carboxylic acid groups (broad SMARTS) is 1. The largest absolute Gasteiger partial charge is 0.530 e. The lowest BCUT2D eigenvalue weighted by Crippen LogP contribution is -2.46. The highest BCUT2D eigenvalue weighted by Crippen LogP contribution is 2.37. The molecule has 3 heterocycles. The molecule has 0 aliphatic rings. The molecule has 0 aliphatic carbocycles. The molecule has 45 heavy (non-hydrogen) atoms. The SMILES string of the molecule is CN(C)C(=O)Nc1ccc(-c2nn(CCN(CC(C)(C)C)C(=O)[O-])cc2-c2ccnc3[nH]c(-c4cccc(CO)c4)cc23)cc1. The summed E-state index contributed by atoms with van der Waals surface area (Å²) in [6, 6.07) is 18.9. The van der Waals surface area contributed by atoms with E-state index in [0.717, 1.165) is 38.9 Å². The third-order valence-electron chi connectivity index (χ3n) is 7.34. The van der Waals surface area contributed by atoms with Crippen LogP contribution >= 0.6 is 0 Å². The number of aliphatic hydroxyl groups is 1. The Morgan fingerprint density at radius 3 is 2.44 bits per heavy atom. The monoisotopic (exact) mass is 608 g/mol. The highest BCUT2D eigenvalue weighted by atomic mass is 16.4. The van der Waals surface area contributed by atoms with Crippen molar-refractivity contribution in [2.24, 2.45) is 5.41 Å². The number of pyridine rings is 1. The van der Waals surface area contributed by atoms with Gasteiger partial charge in [-0.3, -0.25) is 4.68 Å². The lowest BCUT2D eigenvalue weighted by Gasteiger charge is -2.31. The van der Waals surface area contributed by atoms with Gasteiger partial charge in [-0.2, -0.15) is 5.10 Å². The molecule has 0 atom stereocenters. The Labute approximate surface area is 262 Å². The first-order chi connectivity index (χ1) is 21.4. The smallest absolute Gasteiger partial charge is 0.321 e. The number of H-pyrrole nitrogens is 1. The van der Waals surface area contributed by atoms with Crippen LogP contribution in [0.2, 0.25) is 0 Å². The number of nitrogens with zero attached hydrogens (tertiary/aromatic N) is 5. The van der Waals surface area contributed by atoms with Gasteiger partial charge in [0, 0.05) is 67.5 Å². The van der Waals surface area contributed by atoms with Crippen LogP contribution in [0, 0.1) is 5.41 Å². The summed E-state index contributed by atoms with van der Waals surface area (Å²) in [4.78, 5) is 34.8. The quantitative estimate of drug-likeness (QED) is 0.214. The number of hydrogen-bond acceptors (Lipinski definition) is 6. The maximum Gasteiger partial charge on any atom is 0.321 e. The number of nitrogens with one attached hydrogen (secondary N) is 2. The number of fused-ring (bicyclic) bond motifs is 1. The Morgan fingerprint density at radius 1 is 1.02 bits per heavy atom. The van der Waals surface area contributed by atoms with E-state index >= 15 is 0 Å². The first-order valence-electron chi connectivity index (χ1n) is 14.7. The van der Waals surface area contributed by atoms with E-state index in [-0.39, 0.29) is 24.6 Å². The minimum Gasteiger partial charge on any atom is -0.530 e. The molecule has 0 fully saturated rings. The fraction of sp³-hybridized carbons (Fsp3) is 0.294. The topological polar surface area (TPSA) is 142 Å². The number of aliphatic hydroxyl groups excluding tert-OH is 1. The van der Waals surface area contributed by atoms with Crippen LogP contribution in [0.5, 0.6) is 0 Å². The second-order valence-corrected chi connectivity index (χ2v) is 12.5. The second-order valence-electron chi connectivity index (χ2n) is 12.5. The van der Waals surface area contributed by atoms with Gasteiger partial charge in [0.2, 0.25) is 0 Å². The molecule has 0 unspecified atom stereocenters. The molecule has 2 aromatic carbocycles. The van der Waals surface area contributed by atoms with Gasteiger partial charge in [-0.25, -0.2) is 9.78 Å². The van der Waals surface area contributed by atoms with Crippen LogP contribution in [-0.4, -0.2) is 74.0 Å². The predicted molar refractivity (Wildman–Crippen MR) is 173 cm³/mol. The molecular weight excluding hydrogens is 570 g/mol. The highest BCUT2D eigenvalue weighted by Gasteiger charge is 2.20. The van der Waals surface area contributed by atoms with Gasteiger partial charge in [-0.05, 0) is 52.4 Å². The van der Waals surface area contributed by atoms with Crippen molar-refractivity contribution in [1.82, 2.24) is 29.5 Å². The normalized spacial score (nSPS) is 11.5. The average molecular weight is 609 g/mol. The summed E-state index contributed by atoms with van der Waals surface area (Å²) in [6.07, 6.45) is 2.45. The molecule has 234 valence electrons. The molecule has 0 bridgehead atoms. The van der Waals surface area contributed by atoms with Crippen LogP contribution in [0.15, 0.2) is 73.1 Å². The van der Waals surface area contributed by atoms with Gasteiger partial charge in [-0.15, -0.1) is 0 Å². The zero-order valence-electron chi connectivity index (χ0n) is 26.2. The van der Waals surface area contributed by atoms with Crippen molar-refractivity contribution < 1.29 is 19.8 Å². The molecule has 0 aliphatic heterocycles. The summed E-state index contributed by atoms with van der Waals surface area (Å²) in [5, 5.41) is 30.2. The highest BCUT2D eigenvalue weighted by molar-refractivity contribution is 5.99. The van der Waals surface area contributed by atoms with Crippen LogP contribution in [-0.2, 0) is 13.2 Å². The minimum absolute atomic E-state index is 0.0527. The van der Waals surface area contributed by atoms with E-state index in [1.54, 1.807) is 25.0 Å². The Balaban J connectivity index is 1.56. The van der Waals surface area contributed by atoms with Crippen molar-refractivity contribution in [1.29, 1.82) is 0 Å². The molecule has 11 nitrogen and oxygen atoms in total. The van der Waals surface area contributed by atoms with Gasteiger partial charge >= 0.3 is 6.03 Å². The maximum atomic E-state index is 12.2. The van der Waals surface area contributed by atoms with Gasteiger partial charge < -0.3 is 35.1 Å². The Bertz CT molecular complexity index is 1820. The number of carbonyl (C=O) groups excluding carboxylic acids is 2. The molecule has 5 aromatic rings. The third-order valence-corrected chi connectivity index (χ3v) is 7.34. The fourth-order valence-corrected chi connectivity index (χ4v) is 5.18. The van der Waals surface area contributed by atoms with E-state index in [2.05, 4.69) is 15.3 Å². The number of aromatic nitrogens is 4. The minimum atomic E-state index is -1.21. The van der Waals surface area contributed by atoms with E-state index in [1.165, 1.54) is 9.80 Å². The fourth-order valence-electron chi connectivity index (χ4n) is 5.18. The van der Waals surface area contributed by atoms with E-state index in [1.807, 2.05) is 87.6 Å². The van der Waals surface area contributed by atoms with Crippen LogP contribution < -0.4 is 10.4 Å². The molecule has 3 aromatic heterocycles. The summed E-state index contributed by atoms with van der Waals surface area (Å²) in [7, 11) is 3.35. The lowest BCUT2D eigenvalue weighted by atomic mass is 9.96. The zero-order valence-corrected chi connectivity index (χ0v) is 26.2. The van der Waals surface area contributed by atoms with Crippen LogP contribution in [0.25, 0.3) is 44.7 Å². The van der Waals surface area contributed by atoms with E-state index in [9.17, 15) is 19.8 Å². The number of urea groups is 1. The van der Waals surface area contributed by atoms with Gasteiger partial charge in [-0.1, -0.05) is 51.1 Å². The van der Waals surface area contributed by atoms with E-state index in [4.69, 9.17) is 5.10 Å². The first-order valence-corrected chi connectivity index (χ1v) is 14.7. The van der Waals surface area contributed by atoms with Crippen molar-refractivity contribution in [3.8, 4) is 33.6 Å². The van der Waals surface area contributed by atoms with Crippen molar-refractivity contribution in [2.75, 3.05) is 32.5 Å². The van der Waals surface area contributed by atoms with Crippen LogP contribution in [0.1, 0.15) is 26.3 Å². The number of aromatic amines is 1. The van der Waals surface area contributed by atoms with Crippen molar-refractivity contribution in [3.63, 3.8) is 0 Å². The molecule has 0 saturated heterocycles. The second kappa shape index (κ2) is 12.8. The summed E-state index contributed by atoms with van der Waals surface area (Å²) in [5.74, 6) is 0. The molecule has 0 saturated carbocycles. The Hall–Kier alpha value is -5.16. The van der Waals surface area contributed by atoms with Gasteiger partial charge in [0.1, 0.15) is 17.4 Å². The zero-order chi connectivity index (χ0) is 32.3. The number of benzene rings is 2. The van der Waals surface area contributed by atoms with Crippen molar-refractivity contribution in [3.05, 3.63) is 78.6 Å². The van der Waals surface area contributed by atoms with E-state index < -0.39 is 6.09 Å². The maximum absolute atomic E-state index is 12.2. The number of carbonyl (C=O) groups is 2. The van der Waals surface area contributed by atoms with E-state index in [0.29, 0.717) is 30.1 Å². The molecule has 11 heteroatoms. The molecule has 0 radical (unpaired) electrons. The predicted octanol–water partition coefficient (Wildman–Crippen LogP) is 5.04. The Morgan fingerprint density at radius 2 is 1.78 bits per heavy atom. The molecular formula is C34H38N7O4-. The lowest BCUT2D eigenvalue weighted by molar-refractivity contribution is -0.266. The van der Waals surface area contributed by atoms with Gasteiger partial charge in [0.05, 0.1) is 13.2 Å². The Kier molecular flexibility index (Phi) is 8.92.